The molecule has 4 rings (SSSR count). The number of hydrogen-bond acceptors (Lipinski definition) is 3. The van der Waals surface area contributed by atoms with Crippen LogP contribution in [0.15, 0.2) is 24.3 Å². The Morgan fingerprint density at radius 1 is 0.933 bits per heavy atom. The SMILES string of the molecule is CCN1CCN(C2CCCCC2NC(=O)N2CCC(c3ccc(C)cc3)CC2)CC1. The molecule has 1 aromatic carbocycles. The van der Waals surface area contributed by atoms with Crippen molar-refractivity contribution in [1.82, 2.24) is 20.0 Å². The van der Waals surface area contributed by atoms with E-state index in [1.807, 2.05) is 0 Å². The molecule has 0 spiro atoms. The Kier molecular flexibility index (Phi) is 7.32. The molecular formula is C25H40N4O. The van der Waals surface area contributed by atoms with Gasteiger partial charge < -0.3 is 15.1 Å². The molecule has 1 aliphatic carbocycles. The second-order valence-corrected chi connectivity index (χ2v) is 9.55. The van der Waals surface area contributed by atoms with Crippen LogP contribution in [-0.4, -0.2) is 78.6 Å². The second-order valence-electron chi connectivity index (χ2n) is 9.55. The first-order chi connectivity index (χ1) is 14.6. The summed E-state index contributed by atoms with van der Waals surface area (Å²) in [5.74, 6) is 0.590. The summed E-state index contributed by atoms with van der Waals surface area (Å²) < 4.78 is 0. The van der Waals surface area contributed by atoms with Crippen molar-refractivity contribution >= 4 is 6.03 Å². The molecule has 5 heteroatoms. The Morgan fingerprint density at radius 2 is 1.60 bits per heavy atom. The normalized spacial score (nSPS) is 27.2. The minimum absolute atomic E-state index is 0.168. The lowest BCUT2D eigenvalue weighted by atomic mass is 9.88. The summed E-state index contributed by atoms with van der Waals surface area (Å²) in [6, 6.07) is 9.94. The molecule has 2 unspecified atom stereocenters. The zero-order valence-electron chi connectivity index (χ0n) is 19.0. The molecule has 5 nitrogen and oxygen atoms in total. The number of nitrogens with zero attached hydrogens (tertiary/aromatic N) is 3. The Balaban J connectivity index is 1.29. The molecule has 2 saturated heterocycles. The van der Waals surface area contributed by atoms with Gasteiger partial charge >= 0.3 is 6.03 Å². The minimum Gasteiger partial charge on any atom is -0.334 e. The molecule has 0 radical (unpaired) electrons. The number of likely N-dealkylation sites (N-methyl/N-ethyl adjacent to an activating group) is 1. The third-order valence-corrected chi connectivity index (χ3v) is 7.69. The van der Waals surface area contributed by atoms with Gasteiger partial charge in [0.2, 0.25) is 0 Å². The monoisotopic (exact) mass is 412 g/mol. The maximum Gasteiger partial charge on any atom is 0.317 e. The lowest BCUT2D eigenvalue weighted by Crippen LogP contribution is -2.59. The van der Waals surface area contributed by atoms with Crippen LogP contribution in [0.25, 0.3) is 0 Å². The number of likely N-dealkylation sites (tertiary alicyclic amines) is 1. The Bertz CT molecular complexity index is 675. The highest BCUT2D eigenvalue weighted by Crippen LogP contribution is 2.29. The smallest absolute Gasteiger partial charge is 0.317 e. The van der Waals surface area contributed by atoms with E-state index in [4.69, 9.17) is 0 Å². The van der Waals surface area contributed by atoms with E-state index in [-0.39, 0.29) is 6.03 Å². The fraction of sp³-hybridized carbons (Fsp3) is 0.720. The van der Waals surface area contributed by atoms with Crippen LogP contribution in [0.2, 0.25) is 0 Å². The molecule has 3 fully saturated rings. The zero-order valence-corrected chi connectivity index (χ0v) is 19.0. The number of aryl methyl sites for hydroxylation is 1. The highest BCUT2D eigenvalue weighted by atomic mass is 16.2. The molecule has 2 heterocycles. The summed E-state index contributed by atoms with van der Waals surface area (Å²) in [6.45, 7) is 11.9. The lowest BCUT2D eigenvalue weighted by molar-refractivity contribution is 0.0634. The summed E-state index contributed by atoms with van der Waals surface area (Å²) in [5, 5.41) is 3.45. The third kappa shape index (κ3) is 5.17. The quantitative estimate of drug-likeness (QED) is 0.817. The van der Waals surface area contributed by atoms with E-state index in [9.17, 15) is 4.79 Å². The number of carbonyl (C=O) groups excluding carboxylic acids is 1. The Labute approximate surface area is 182 Å². The first kappa shape index (κ1) is 21.6. The first-order valence-electron chi connectivity index (χ1n) is 12.2. The zero-order chi connectivity index (χ0) is 20.9. The van der Waals surface area contributed by atoms with Gasteiger partial charge in [0, 0.05) is 51.4 Å². The van der Waals surface area contributed by atoms with Crippen molar-refractivity contribution < 1.29 is 4.79 Å². The second kappa shape index (κ2) is 10.1. The molecule has 2 amide bonds. The van der Waals surface area contributed by atoms with Crippen LogP contribution in [0.4, 0.5) is 4.79 Å². The summed E-state index contributed by atoms with van der Waals surface area (Å²) in [6.07, 6.45) is 7.04. The molecule has 3 aliphatic rings. The van der Waals surface area contributed by atoms with E-state index in [0.29, 0.717) is 18.0 Å². The van der Waals surface area contributed by atoms with Crippen molar-refractivity contribution in [2.75, 3.05) is 45.8 Å². The fourth-order valence-corrected chi connectivity index (χ4v) is 5.63. The van der Waals surface area contributed by atoms with Crippen molar-refractivity contribution in [3.63, 3.8) is 0 Å². The van der Waals surface area contributed by atoms with E-state index in [2.05, 4.69) is 58.1 Å². The predicted molar refractivity (Wildman–Crippen MR) is 123 cm³/mol. The van der Waals surface area contributed by atoms with Gasteiger partial charge in [0.25, 0.3) is 0 Å². The van der Waals surface area contributed by atoms with Crippen LogP contribution in [0, 0.1) is 6.92 Å². The third-order valence-electron chi connectivity index (χ3n) is 7.69. The lowest BCUT2D eigenvalue weighted by Gasteiger charge is -2.44. The molecule has 166 valence electrons. The predicted octanol–water partition coefficient (Wildman–Crippen LogP) is 3.83. The molecule has 2 aliphatic heterocycles. The van der Waals surface area contributed by atoms with Crippen LogP contribution in [0.5, 0.6) is 0 Å². The summed E-state index contributed by atoms with van der Waals surface area (Å²) in [5.41, 5.74) is 2.74. The van der Waals surface area contributed by atoms with Crippen molar-refractivity contribution in [2.24, 2.45) is 0 Å². The topological polar surface area (TPSA) is 38.8 Å². The van der Waals surface area contributed by atoms with Crippen molar-refractivity contribution in [3.05, 3.63) is 35.4 Å². The molecule has 1 aromatic rings. The molecule has 2 atom stereocenters. The highest BCUT2D eigenvalue weighted by molar-refractivity contribution is 5.74. The minimum atomic E-state index is 0.168. The van der Waals surface area contributed by atoms with E-state index in [1.165, 1.54) is 43.5 Å². The van der Waals surface area contributed by atoms with E-state index >= 15 is 0 Å². The Hall–Kier alpha value is -1.59. The maximum atomic E-state index is 13.1. The standard InChI is InChI=1S/C25H40N4O/c1-3-27-16-18-28(19-17-27)24-7-5-4-6-23(24)26-25(30)29-14-12-22(13-15-29)21-10-8-20(2)9-11-21/h8-11,22-24H,3-7,12-19H2,1-2H3,(H,26,30). The van der Waals surface area contributed by atoms with E-state index < -0.39 is 0 Å². The largest absolute Gasteiger partial charge is 0.334 e. The fourth-order valence-electron chi connectivity index (χ4n) is 5.63. The van der Waals surface area contributed by atoms with Gasteiger partial charge in [-0.15, -0.1) is 0 Å². The first-order valence-corrected chi connectivity index (χ1v) is 12.2. The van der Waals surface area contributed by atoms with Crippen molar-refractivity contribution in [3.8, 4) is 0 Å². The molecule has 0 aromatic heterocycles. The number of urea groups is 1. The average molecular weight is 413 g/mol. The van der Waals surface area contributed by atoms with Crippen molar-refractivity contribution in [2.45, 2.75) is 70.4 Å². The van der Waals surface area contributed by atoms with Gasteiger partial charge in [0.1, 0.15) is 0 Å². The van der Waals surface area contributed by atoms with Gasteiger partial charge in [-0.25, -0.2) is 4.79 Å². The van der Waals surface area contributed by atoms with Crippen LogP contribution in [0.1, 0.15) is 62.5 Å². The summed E-state index contributed by atoms with van der Waals surface area (Å²) >= 11 is 0. The number of nitrogens with one attached hydrogen (secondary N) is 1. The van der Waals surface area contributed by atoms with Gasteiger partial charge in [-0.3, -0.25) is 4.90 Å². The molecule has 30 heavy (non-hydrogen) atoms. The summed E-state index contributed by atoms with van der Waals surface area (Å²) in [4.78, 5) is 20.3. The maximum absolute atomic E-state index is 13.1. The molecule has 1 N–H and O–H groups in total. The number of piperidine rings is 1. The highest BCUT2D eigenvalue weighted by Gasteiger charge is 2.34. The van der Waals surface area contributed by atoms with Gasteiger partial charge in [0.15, 0.2) is 0 Å². The Morgan fingerprint density at radius 3 is 2.27 bits per heavy atom. The average Bonchev–Trinajstić information content (AvgIpc) is 2.80. The van der Waals surface area contributed by atoms with E-state index in [0.717, 1.165) is 52.0 Å². The molecule has 0 bridgehead atoms. The van der Waals surface area contributed by atoms with Crippen LogP contribution in [-0.2, 0) is 0 Å². The number of hydrogen-bond donors (Lipinski definition) is 1. The molecule has 1 saturated carbocycles. The van der Waals surface area contributed by atoms with E-state index in [1.54, 1.807) is 0 Å². The number of rotatable bonds is 4. The van der Waals surface area contributed by atoms with Crippen LogP contribution >= 0.6 is 0 Å². The van der Waals surface area contributed by atoms with Gasteiger partial charge in [0.05, 0.1) is 0 Å². The summed E-state index contributed by atoms with van der Waals surface area (Å²) in [7, 11) is 0. The van der Waals surface area contributed by atoms with Gasteiger partial charge in [-0.05, 0) is 50.6 Å². The molecular weight excluding hydrogens is 372 g/mol. The van der Waals surface area contributed by atoms with Crippen LogP contribution in [0.3, 0.4) is 0 Å². The van der Waals surface area contributed by atoms with Crippen LogP contribution < -0.4 is 5.32 Å². The number of amides is 2. The van der Waals surface area contributed by atoms with Crippen molar-refractivity contribution in [1.29, 1.82) is 0 Å². The number of piperazine rings is 1. The number of carbonyl (C=O) groups is 1. The van der Waals surface area contributed by atoms with Gasteiger partial charge in [-0.2, -0.15) is 0 Å². The van der Waals surface area contributed by atoms with Gasteiger partial charge in [-0.1, -0.05) is 49.6 Å². The number of benzene rings is 1.